The zero-order chi connectivity index (χ0) is 6.69. The van der Waals surface area contributed by atoms with Crippen molar-refractivity contribution >= 4 is 5.71 Å². The lowest BCUT2D eigenvalue weighted by Gasteiger charge is -2.11. The first kappa shape index (κ1) is 6.33. The average Bonchev–Trinajstić information content (AvgIpc) is 1.90. The van der Waals surface area contributed by atoms with Gasteiger partial charge in [0.25, 0.3) is 0 Å². The molecule has 0 radical (unpaired) electrons. The summed E-state index contributed by atoms with van der Waals surface area (Å²) in [5.74, 6) is 0. The smallest absolute Gasteiger partial charge is 0.0528 e. The van der Waals surface area contributed by atoms with Gasteiger partial charge in [0.15, 0.2) is 0 Å². The van der Waals surface area contributed by atoms with Crippen molar-refractivity contribution in [3.05, 3.63) is 11.9 Å². The Bertz CT molecular complexity index is 156. The largest absolute Gasteiger partial charge is 0.382 e. The van der Waals surface area contributed by atoms with Gasteiger partial charge in [-0.2, -0.15) is 0 Å². The van der Waals surface area contributed by atoms with Crippen molar-refractivity contribution in [1.82, 2.24) is 5.32 Å². The van der Waals surface area contributed by atoms with Gasteiger partial charge in [0.1, 0.15) is 0 Å². The second-order valence-corrected chi connectivity index (χ2v) is 2.23. The van der Waals surface area contributed by atoms with E-state index >= 15 is 0 Å². The molecule has 2 heteroatoms. The molecule has 1 aliphatic heterocycles. The minimum absolute atomic E-state index is 0.916. The van der Waals surface area contributed by atoms with E-state index in [4.69, 9.17) is 0 Å². The van der Waals surface area contributed by atoms with Crippen LogP contribution >= 0.6 is 0 Å². The number of nitrogens with zero attached hydrogens (tertiary/aromatic N) is 1. The molecule has 0 atom stereocenters. The molecule has 9 heavy (non-hydrogen) atoms. The Balaban J connectivity index is 2.59. The lowest BCUT2D eigenvalue weighted by atomic mass is 10.3. The fourth-order valence-corrected chi connectivity index (χ4v) is 0.737. The summed E-state index contributed by atoms with van der Waals surface area (Å²) < 4.78 is 0. The van der Waals surface area contributed by atoms with E-state index in [-0.39, 0.29) is 0 Å². The Kier molecular flexibility index (Phi) is 1.88. The van der Waals surface area contributed by atoms with Crippen molar-refractivity contribution in [1.29, 1.82) is 0 Å². The average molecular weight is 124 g/mol. The zero-order valence-corrected chi connectivity index (χ0v) is 5.94. The van der Waals surface area contributed by atoms with E-state index in [2.05, 4.69) is 17.2 Å². The van der Waals surface area contributed by atoms with E-state index in [9.17, 15) is 0 Å². The fraction of sp³-hybridized carbons (Fsp3) is 0.571. The van der Waals surface area contributed by atoms with Crippen LogP contribution in [-0.2, 0) is 0 Å². The number of rotatable bonds is 1. The molecule has 1 aliphatic rings. The molecular weight excluding hydrogens is 112 g/mol. The van der Waals surface area contributed by atoms with Gasteiger partial charge in [-0.15, -0.1) is 0 Å². The molecule has 0 bridgehead atoms. The van der Waals surface area contributed by atoms with Gasteiger partial charge >= 0.3 is 0 Å². The maximum atomic E-state index is 4.17. The van der Waals surface area contributed by atoms with Gasteiger partial charge in [0.05, 0.1) is 6.54 Å². The second-order valence-electron chi connectivity index (χ2n) is 2.23. The maximum absolute atomic E-state index is 4.17. The van der Waals surface area contributed by atoms with Gasteiger partial charge in [-0.3, -0.25) is 4.99 Å². The predicted molar refractivity (Wildman–Crippen MR) is 39.5 cm³/mol. The molecule has 0 aromatic carbocycles. The van der Waals surface area contributed by atoms with E-state index in [1.807, 2.05) is 13.1 Å². The minimum Gasteiger partial charge on any atom is -0.382 e. The minimum atomic E-state index is 0.916. The molecule has 0 spiro atoms. The van der Waals surface area contributed by atoms with Crippen LogP contribution in [0.25, 0.3) is 0 Å². The molecule has 0 saturated carbocycles. The maximum Gasteiger partial charge on any atom is 0.0528 e. The normalized spacial score (nSPS) is 18.0. The van der Waals surface area contributed by atoms with Crippen molar-refractivity contribution in [2.75, 3.05) is 6.54 Å². The molecule has 1 N–H and O–H groups in total. The molecule has 1 heterocycles. The summed E-state index contributed by atoms with van der Waals surface area (Å²) >= 11 is 0. The standard InChI is InChI=1S/C7H12N2/c1-3-7-5-8-6(2)4-9-7/h5,9H,3-4H2,1-2H3. The van der Waals surface area contributed by atoms with Crippen LogP contribution in [0.5, 0.6) is 0 Å². The molecule has 50 valence electrons. The molecule has 0 amide bonds. The molecule has 0 aromatic heterocycles. The van der Waals surface area contributed by atoms with Crippen molar-refractivity contribution in [2.24, 2.45) is 4.99 Å². The number of hydrogen-bond donors (Lipinski definition) is 1. The van der Waals surface area contributed by atoms with Crippen LogP contribution in [0.1, 0.15) is 20.3 Å². The number of allylic oxidation sites excluding steroid dienone is 1. The summed E-state index contributed by atoms with van der Waals surface area (Å²) in [4.78, 5) is 4.17. The monoisotopic (exact) mass is 124 g/mol. The molecule has 0 unspecified atom stereocenters. The van der Waals surface area contributed by atoms with E-state index in [0.29, 0.717) is 0 Å². The number of aliphatic imine (C=N–C) groups is 1. The van der Waals surface area contributed by atoms with E-state index in [0.717, 1.165) is 18.7 Å². The Morgan fingerprint density at radius 3 is 3.00 bits per heavy atom. The second kappa shape index (κ2) is 2.67. The Hall–Kier alpha value is -0.790. The third-order valence-electron chi connectivity index (χ3n) is 1.39. The van der Waals surface area contributed by atoms with Crippen LogP contribution in [0.2, 0.25) is 0 Å². The SMILES string of the molecule is CCC1=CN=C(C)CN1. The summed E-state index contributed by atoms with van der Waals surface area (Å²) in [6, 6.07) is 0. The fourth-order valence-electron chi connectivity index (χ4n) is 0.737. The molecule has 0 aliphatic carbocycles. The molecule has 0 saturated heterocycles. The van der Waals surface area contributed by atoms with Crippen molar-refractivity contribution in [2.45, 2.75) is 20.3 Å². The first-order valence-electron chi connectivity index (χ1n) is 3.29. The Labute approximate surface area is 55.7 Å². The highest BCUT2D eigenvalue weighted by Crippen LogP contribution is 1.99. The quantitative estimate of drug-likeness (QED) is 0.560. The lowest BCUT2D eigenvalue weighted by Crippen LogP contribution is -2.23. The molecular formula is C7H12N2. The molecule has 1 rings (SSSR count). The van der Waals surface area contributed by atoms with Crippen LogP contribution in [0, 0.1) is 0 Å². The summed E-state index contributed by atoms with van der Waals surface area (Å²) in [6.07, 6.45) is 2.95. The summed E-state index contributed by atoms with van der Waals surface area (Å²) in [6.45, 7) is 5.06. The van der Waals surface area contributed by atoms with Gasteiger partial charge in [0.2, 0.25) is 0 Å². The summed E-state index contributed by atoms with van der Waals surface area (Å²) in [5.41, 5.74) is 2.40. The number of nitrogens with one attached hydrogen (secondary N) is 1. The van der Waals surface area contributed by atoms with Crippen LogP contribution in [0.3, 0.4) is 0 Å². The van der Waals surface area contributed by atoms with Crippen molar-refractivity contribution in [3.63, 3.8) is 0 Å². The molecule has 2 nitrogen and oxygen atoms in total. The van der Waals surface area contributed by atoms with Gasteiger partial charge in [-0.1, -0.05) is 6.92 Å². The predicted octanol–water partition coefficient (Wildman–Crippen LogP) is 1.30. The van der Waals surface area contributed by atoms with Crippen LogP contribution < -0.4 is 5.32 Å². The van der Waals surface area contributed by atoms with Crippen LogP contribution in [-0.4, -0.2) is 12.3 Å². The Morgan fingerprint density at radius 1 is 1.78 bits per heavy atom. The first-order chi connectivity index (χ1) is 4.33. The van der Waals surface area contributed by atoms with Crippen LogP contribution in [0.15, 0.2) is 16.9 Å². The van der Waals surface area contributed by atoms with Crippen LogP contribution in [0.4, 0.5) is 0 Å². The third-order valence-corrected chi connectivity index (χ3v) is 1.39. The zero-order valence-electron chi connectivity index (χ0n) is 5.94. The van der Waals surface area contributed by atoms with Crippen molar-refractivity contribution in [3.8, 4) is 0 Å². The highest BCUT2D eigenvalue weighted by Gasteiger charge is 1.98. The van der Waals surface area contributed by atoms with E-state index in [1.54, 1.807) is 0 Å². The van der Waals surface area contributed by atoms with E-state index < -0.39 is 0 Å². The summed E-state index contributed by atoms with van der Waals surface area (Å²) in [5, 5.41) is 3.25. The molecule has 0 aromatic rings. The third kappa shape index (κ3) is 1.56. The number of hydrogen-bond acceptors (Lipinski definition) is 2. The highest BCUT2D eigenvalue weighted by atomic mass is 14.9. The van der Waals surface area contributed by atoms with Gasteiger partial charge < -0.3 is 5.32 Å². The Morgan fingerprint density at radius 2 is 2.56 bits per heavy atom. The summed E-state index contributed by atoms with van der Waals surface area (Å²) in [7, 11) is 0. The first-order valence-corrected chi connectivity index (χ1v) is 3.29. The lowest BCUT2D eigenvalue weighted by molar-refractivity contribution is 0.836. The van der Waals surface area contributed by atoms with Gasteiger partial charge in [-0.05, 0) is 13.3 Å². The topological polar surface area (TPSA) is 24.4 Å². The molecule has 0 fully saturated rings. The van der Waals surface area contributed by atoms with E-state index in [1.165, 1.54) is 5.70 Å². The highest BCUT2D eigenvalue weighted by molar-refractivity contribution is 5.85. The van der Waals surface area contributed by atoms with Crippen molar-refractivity contribution < 1.29 is 0 Å². The van der Waals surface area contributed by atoms with Gasteiger partial charge in [0, 0.05) is 17.6 Å². The van der Waals surface area contributed by atoms with Gasteiger partial charge in [-0.25, -0.2) is 0 Å².